The number of hydrogen-bond donors (Lipinski definition) is 1. The summed E-state index contributed by atoms with van der Waals surface area (Å²) >= 11 is 0. The van der Waals surface area contributed by atoms with E-state index in [4.69, 9.17) is 13.9 Å². The van der Waals surface area contributed by atoms with Gasteiger partial charge in [-0.15, -0.1) is 0 Å². The minimum atomic E-state index is -3.90. The average molecular weight is 479 g/mol. The molecule has 2 heterocycles. The molecule has 1 saturated heterocycles. The number of benzene rings is 1. The Kier molecular flexibility index (Phi) is 8.28. The van der Waals surface area contributed by atoms with Crippen LogP contribution in [0.3, 0.4) is 0 Å². The first kappa shape index (κ1) is 24.9. The minimum absolute atomic E-state index is 0.114. The van der Waals surface area contributed by atoms with Crippen molar-refractivity contribution in [3.63, 3.8) is 0 Å². The molecule has 0 radical (unpaired) electrons. The molecule has 1 aromatic carbocycles. The lowest BCUT2D eigenvalue weighted by Crippen LogP contribution is -2.41. The third-order valence-corrected chi connectivity index (χ3v) is 7.03. The van der Waals surface area contributed by atoms with Gasteiger partial charge in [0.25, 0.3) is 10.0 Å². The lowest BCUT2D eigenvalue weighted by Gasteiger charge is -2.29. The van der Waals surface area contributed by atoms with E-state index in [1.165, 1.54) is 16.4 Å². The number of carbonyl (C=O) groups is 2. The van der Waals surface area contributed by atoms with E-state index < -0.39 is 16.0 Å². The number of nitrogens with zero attached hydrogens (tertiary/aromatic N) is 1. The number of esters is 1. The van der Waals surface area contributed by atoms with Crippen molar-refractivity contribution in [3.05, 3.63) is 47.7 Å². The van der Waals surface area contributed by atoms with Crippen molar-refractivity contribution in [3.8, 4) is 0 Å². The van der Waals surface area contributed by atoms with Crippen molar-refractivity contribution < 1.29 is 31.9 Å². The predicted octanol–water partition coefficient (Wildman–Crippen LogP) is 3.42. The second-order valence-corrected chi connectivity index (χ2v) is 9.94. The number of piperidine rings is 1. The molecule has 1 N–H and O–H groups in total. The maximum atomic E-state index is 12.9. The van der Waals surface area contributed by atoms with Crippen LogP contribution in [0.2, 0.25) is 0 Å². The van der Waals surface area contributed by atoms with Crippen LogP contribution in [0, 0.1) is 5.92 Å². The normalized spacial score (nSPS) is 15.5. The van der Waals surface area contributed by atoms with Crippen LogP contribution in [-0.4, -0.2) is 50.4 Å². The summed E-state index contributed by atoms with van der Waals surface area (Å²) in [6.07, 6.45) is 0.877. The van der Waals surface area contributed by atoms with Crippen LogP contribution in [0.4, 0.5) is 5.69 Å². The van der Waals surface area contributed by atoms with Crippen molar-refractivity contribution in [1.82, 2.24) is 4.31 Å². The summed E-state index contributed by atoms with van der Waals surface area (Å²) in [6.45, 7) is 6.55. The number of hydrogen-bond acceptors (Lipinski definition) is 7. The summed E-state index contributed by atoms with van der Waals surface area (Å²) in [5.74, 6) is -1.32. The highest BCUT2D eigenvalue weighted by molar-refractivity contribution is 7.89. The van der Waals surface area contributed by atoms with Gasteiger partial charge in [-0.05, 0) is 63.4 Å². The topological polar surface area (TPSA) is 115 Å². The van der Waals surface area contributed by atoms with Crippen molar-refractivity contribution in [2.45, 2.75) is 51.4 Å². The third kappa shape index (κ3) is 6.43. The molecule has 0 bridgehead atoms. The monoisotopic (exact) mass is 478 g/mol. The smallest absolute Gasteiger partial charge is 0.374 e. The van der Waals surface area contributed by atoms with Gasteiger partial charge in [0.1, 0.15) is 0 Å². The maximum absolute atomic E-state index is 12.9. The molecule has 10 heteroatoms. The van der Waals surface area contributed by atoms with Gasteiger partial charge < -0.3 is 19.2 Å². The molecule has 1 aromatic heterocycles. The van der Waals surface area contributed by atoms with E-state index in [1.54, 1.807) is 6.92 Å². The van der Waals surface area contributed by atoms with E-state index >= 15 is 0 Å². The van der Waals surface area contributed by atoms with E-state index in [9.17, 15) is 18.0 Å². The molecule has 0 saturated carbocycles. The molecule has 3 rings (SSSR count). The predicted molar refractivity (Wildman–Crippen MR) is 121 cm³/mol. The molecule has 33 heavy (non-hydrogen) atoms. The first-order chi connectivity index (χ1) is 15.7. The Hall–Kier alpha value is -2.69. The van der Waals surface area contributed by atoms with E-state index in [-0.39, 0.29) is 48.5 Å². The highest BCUT2D eigenvalue weighted by Crippen LogP contribution is 2.26. The number of sulfonamides is 1. The number of ether oxygens (including phenoxy) is 2. The molecule has 0 aliphatic carbocycles. The zero-order valence-corrected chi connectivity index (χ0v) is 19.9. The quantitative estimate of drug-likeness (QED) is 0.549. The summed E-state index contributed by atoms with van der Waals surface area (Å²) in [5, 5.41) is 2.61. The van der Waals surface area contributed by atoms with Crippen LogP contribution in [0.1, 0.15) is 49.7 Å². The number of amides is 1. The van der Waals surface area contributed by atoms with Gasteiger partial charge in [-0.3, -0.25) is 4.79 Å². The first-order valence-corrected chi connectivity index (χ1v) is 12.4. The molecule has 180 valence electrons. The van der Waals surface area contributed by atoms with E-state index in [0.717, 1.165) is 5.56 Å². The molecule has 0 spiro atoms. The van der Waals surface area contributed by atoms with Gasteiger partial charge in [0.15, 0.2) is 0 Å². The van der Waals surface area contributed by atoms with E-state index in [0.29, 0.717) is 25.1 Å². The van der Waals surface area contributed by atoms with Crippen molar-refractivity contribution in [1.29, 1.82) is 0 Å². The molecule has 0 atom stereocenters. The second kappa shape index (κ2) is 11.0. The summed E-state index contributed by atoms with van der Waals surface area (Å²) in [5.41, 5.74) is 1.64. The molecule has 1 fully saturated rings. The summed E-state index contributed by atoms with van der Waals surface area (Å²) in [4.78, 5) is 24.5. The summed E-state index contributed by atoms with van der Waals surface area (Å²) in [6, 6.07) is 10.0. The van der Waals surface area contributed by atoms with Crippen LogP contribution in [0.5, 0.6) is 0 Å². The molecule has 0 unspecified atom stereocenters. The Morgan fingerprint density at radius 1 is 1.18 bits per heavy atom. The van der Waals surface area contributed by atoms with Gasteiger partial charge in [0, 0.05) is 24.7 Å². The molecular weight excluding hydrogens is 448 g/mol. The molecule has 1 amide bonds. The number of anilines is 1. The van der Waals surface area contributed by atoms with Gasteiger partial charge in [0.05, 0.1) is 19.3 Å². The van der Waals surface area contributed by atoms with Crippen LogP contribution in [0.15, 0.2) is 45.9 Å². The van der Waals surface area contributed by atoms with E-state index in [1.807, 2.05) is 38.1 Å². The van der Waals surface area contributed by atoms with Crippen molar-refractivity contribution >= 4 is 27.6 Å². The highest BCUT2D eigenvalue weighted by Gasteiger charge is 2.34. The fraction of sp³-hybridized carbons (Fsp3) is 0.478. The van der Waals surface area contributed by atoms with Gasteiger partial charge in [0.2, 0.25) is 16.8 Å². The molecule has 9 nitrogen and oxygen atoms in total. The van der Waals surface area contributed by atoms with Crippen LogP contribution in [-0.2, 0) is 30.9 Å². The van der Waals surface area contributed by atoms with Crippen molar-refractivity contribution in [2.75, 3.05) is 25.0 Å². The Morgan fingerprint density at radius 2 is 1.91 bits per heavy atom. The van der Waals surface area contributed by atoms with Gasteiger partial charge in [-0.25, -0.2) is 13.2 Å². The number of rotatable bonds is 9. The second-order valence-electron chi connectivity index (χ2n) is 8.07. The SMILES string of the molecule is CCOC(=O)c1ccc(S(=O)(=O)N2CCC(C(=O)Nc3cccc(COC(C)C)c3)CC2)o1. The maximum Gasteiger partial charge on any atom is 0.374 e. The molecule has 2 aromatic rings. The molecule has 1 aliphatic rings. The zero-order valence-electron chi connectivity index (χ0n) is 19.1. The first-order valence-electron chi connectivity index (χ1n) is 11.0. The van der Waals surface area contributed by atoms with Crippen LogP contribution < -0.4 is 5.32 Å². The van der Waals surface area contributed by atoms with Gasteiger partial charge >= 0.3 is 5.97 Å². The Morgan fingerprint density at radius 3 is 2.58 bits per heavy atom. The Balaban J connectivity index is 1.56. The molecule has 1 aliphatic heterocycles. The van der Waals surface area contributed by atoms with E-state index in [2.05, 4.69) is 5.32 Å². The van der Waals surface area contributed by atoms with Crippen molar-refractivity contribution in [2.24, 2.45) is 5.92 Å². The molecular formula is C23H30N2O7S. The lowest BCUT2D eigenvalue weighted by atomic mass is 9.97. The van der Waals surface area contributed by atoms with Gasteiger partial charge in [-0.2, -0.15) is 4.31 Å². The minimum Gasteiger partial charge on any atom is -0.460 e. The van der Waals surface area contributed by atoms with Crippen LogP contribution in [0.25, 0.3) is 0 Å². The zero-order chi connectivity index (χ0) is 24.0. The largest absolute Gasteiger partial charge is 0.460 e. The standard InChI is InChI=1S/C23H30N2O7S/c1-4-30-23(27)20-8-9-21(32-20)33(28,29)25-12-10-18(11-13-25)22(26)24-19-7-5-6-17(14-19)15-31-16(2)3/h5-9,14,16,18H,4,10-13,15H2,1-3H3,(H,24,26). The fourth-order valence-electron chi connectivity index (χ4n) is 3.50. The third-order valence-electron chi connectivity index (χ3n) is 5.25. The lowest BCUT2D eigenvalue weighted by molar-refractivity contribution is -0.120. The number of nitrogens with one attached hydrogen (secondary N) is 1. The number of carbonyl (C=O) groups excluding carboxylic acids is 2. The van der Waals surface area contributed by atoms with Gasteiger partial charge in [-0.1, -0.05) is 12.1 Å². The summed E-state index contributed by atoms with van der Waals surface area (Å²) in [7, 11) is -3.90. The Labute approximate surface area is 194 Å². The highest BCUT2D eigenvalue weighted by atomic mass is 32.2. The summed E-state index contributed by atoms with van der Waals surface area (Å²) < 4.78 is 42.6. The average Bonchev–Trinajstić information content (AvgIpc) is 3.30. The fourth-order valence-corrected chi connectivity index (χ4v) is 4.88. The number of furan rings is 1. The Bertz CT molecular complexity index is 1070. The van der Waals surface area contributed by atoms with Crippen LogP contribution >= 0.6 is 0 Å².